The number of nitrogens with zero attached hydrogens (tertiary/aromatic N) is 2. The lowest BCUT2D eigenvalue weighted by Crippen LogP contribution is -1.90. The number of hydrogen-bond donors (Lipinski definition) is 1. The van der Waals surface area contributed by atoms with Crippen molar-refractivity contribution in [2.75, 3.05) is 12.8 Å². The van der Waals surface area contributed by atoms with Gasteiger partial charge in [-0.15, -0.1) is 22.7 Å². The second-order valence-corrected chi connectivity index (χ2v) is 6.16. The van der Waals surface area contributed by atoms with Crippen LogP contribution < -0.4 is 10.5 Å². The van der Waals surface area contributed by atoms with Crippen LogP contribution in [0.4, 0.5) is 5.69 Å². The molecule has 0 amide bonds. The maximum Gasteiger partial charge on any atom is 0.138 e. The summed E-state index contributed by atoms with van der Waals surface area (Å²) in [4.78, 5) is 6.58. The summed E-state index contributed by atoms with van der Waals surface area (Å²) in [6.07, 6.45) is 3.46. The van der Waals surface area contributed by atoms with E-state index in [0.29, 0.717) is 10.6 Å². The number of rotatable bonds is 3. The van der Waals surface area contributed by atoms with Crippen LogP contribution in [0.25, 0.3) is 20.9 Å². The fraction of sp³-hybridized carbons (Fsp3) is 0.0667. The van der Waals surface area contributed by atoms with Gasteiger partial charge >= 0.3 is 0 Å². The van der Waals surface area contributed by atoms with Crippen LogP contribution in [0.15, 0.2) is 36.0 Å². The minimum atomic E-state index is 0.501. The van der Waals surface area contributed by atoms with E-state index in [1.54, 1.807) is 30.8 Å². The fourth-order valence-corrected chi connectivity index (χ4v) is 4.17. The molecule has 0 unspecified atom stereocenters. The first-order valence-electron chi connectivity index (χ1n) is 6.11. The van der Waals surface area contributed by atoms with Crippen LogP contribution in [0, 0.1) is 11.3 Å². The van der Waals surface area contributed by atoms with Gasteiger partial charge < -0.3 is 10.5 Å². The van der Waals surface area contributed by atoms with E-state index in [1.165, 1.54) is 11.3 Å². The van der Waals surface area contributed by atoms with Crippen molar-refractivity contribution in [1.82, 2.24) is 4.98 Å². The van der Waals surface area contributed by atoms with Crippen molar-refractivity contribution in [2.24, 2.45) is 0 Å². The number of nitrogen functional groups attached to an aromatic ring is 1. The molecule has 3 aromatic heterocycles. The zero-order valence-corrected chi connectivity index (χ0v) is 12.8. The summed E-state index contributed by atoms with van der Waals surface area (Å²) >= 11 is 2.95. The highest BCUT2D eigenvalue weighted by Gasteiger charge is 2.22. The van der Waals surface area contributed by atoms with Crippen LogP contribution in [0.3, 0.4) is 0 Å². The molecule has 3 rings (SSSR count). The molecule has 0 spiro atoms. The standard InChI is InChI=1S/C15H11N3OS2/c1-19-10-4-6-20-14(10)15-12(9-3-2-5-18-8-9)13(17)11(7-16)21-15/h2-6,8H,17H2,1H3. The summed E-state index contributed by atoms with van der Waals surface area (Å²) < 4.78 is 5.39. The van der Waals surface area contributed by atoms with Crippen LogP contribution in [0.5, 0.6) is 5.75 Å². The lowest BCUT2D eigenvalue weighted by molar-refractivity contribution is 0.418. The highest BCUT2D eigenvalue weighted by Crippen LogP contribution is 2.49. The number of pyridine rings is 1. The number of ether oxygens (including phenoxy) is 1. The Morgan fingerprint density at radius 1 is 1.33 bits per heavy atom. The molecule has 21 heavy (non-hydrogen) atoms. The van der Waals surface area contributed by atoms with E-state index in [0.717, 1.165) is 26.6 Å². The van der Waals surface area contributed by atoms with Gasteiger partial charge in [0.15, 0.2) is 0 Å². The summed E-state index contributed by atoms with van der Waals surface area (Å²) in [6.45, 7) is 0. The molecule has 3 aromatic rings. The molecule has 0 aliphatic heterocycles. The molecule has 4 nitrogen and oxygen atoms in total. The summed E-state index contributed by atoms with van der Waals surface area (Å²) in [6, 6.07) is 7.87. The minimum absolute atomic E-state index is 0.501. The third kappa shape index (κ3) is 2.27. The molecule has 0 radical (unpaired) electrons. The monoisotopic (exact) mass is 313 g/mol. The number of aromatic nitrogens is 1. The number of nitrogens with two attached hydrogens (primary N) is 1. The molecule has 0 saturated heterocycles. The first-order chi connectivity index (χ1) is 10.3. The van der Waals surface area contributed by atoms with Crippen molar-refractivity contribution < 1.29 is 4.74 Å². The van der Waals surface area contributed by atoms with Gasteiger partial charge in [0.05, 0.1) is 22.6 Å². The van der Waals surface area contributed by atoms with Gasteiger partial charge in [0.1, 0.15) is 16.7 Å². The largest absolute Gasteiger partial charge is 0.495 e. The van der Waals surface area contributed by atoms with Gasteiger partial charge in [-0.05, 0) is 17.5 Å². The number of anilines is 1. The Bertz CT molecular complexity index is 815. The molecule has 0 saturated carbocycles. The molecule has 0 aromatic carbocycles. The second kappa shape index (κ2) is 5.56. The topological polar surface area (TPSA) is 71.9 Å². The maximum absolute atomic E-state index is 9.26. The van der Waals surface area contributed by atoms with Crippen molar-refractivity contribution in [3.05, 3.63) is 40.8 Å². The van der Waals surface area contributed by atoms with E-state index in [1.807, 2.05) is 23.6 Å². The molecule has 6 heteroatoms. The van der Waals surface area contributed by atoms with Gasteiger partial charge in [-0.2, -0.15) is 5.26 Å². The number of thiophene rings is 2. The van der Waals surface area contributed by atoms with Crippen LogP contribution in [0.1, 0.15) is 4.88 Å². The molecular weight excluding hydrogens is 302 g/mol. The summed E-state index contributed by atoms with van der Waals surface area (Å²) in [5, 5.41) is 11.2. The molecule has 104 valence electrons. The number of hydrogen-bond acceptors (Lipinski definition) is 6. The Hall–Kier alpha value is -2.36. The quantitative estimate of drug-likeness (QED) is 0.793. The van der Waals surface area contributed by atoms with E-state index >= 15 is 0 Å². The van der Waals surface area contributed by atoms with Gasteiger partial charge in [0.2, 0.25) is 0 Å². The predicted molar refractivity (Wildman–Crippen MR) is 86.5 cm³/mol. The van der Waals surface area contributed by atoms with E-state index in [9.17, 15) is 5.26 Å². The van der Waals surface area contributed by atoms with Crippen LogP contribution >= 0.6 is 22.7 Å². The molecular formula is C15H11N3OS2. The third-order valence-corrected chi connectivity index (χ3v) is 5.22. The average molecular weight is 313 g/mol. The van der Waals surface area contributed by atoms with Gasteiger partial charge in [0.25, 0.3) is 0 Å². The van der Waals surface area contributed by atoms with Crippen LogP contribution in [0.2, 0.25) is 0 Å². The van der Waals surface area contributed by atoms with Crippen molar-refractivity contribution in [3.8, 4) is 32.7 Å². The van der Waals surface area contributed by atoms with E-state index < -0.39 is 0 Å². The Morgan fingerprint density at radius 3 is 2.86 bits per heavy atom. The van der Waals surface area contributed by atoms with Gasteiger partial charge in [0, 0.05) is 23.5 Å². The Labute approximate surface area is 130 Å². The predicted octanol–water partition coefficient (Wildman–Crippen LogP) is 4.00. The molecule has 0 bridgehead atoms. The average Bonchev–Trinajstić information content (AvgIpc) is 3.11. The molecule has 0 aliphatic rings. The van der Waals surface area contributed by atoms with Gasteiger partial charge in [-0.1, -0.05) is 6.07 Å². The highest BCUT2D eigenvalue weighted by molar-refractivity contribution is 7.22. The first kappa shape index (κ1) is 13.6. The maximum atomic E-state index is 9.26. The van der Waals surface area contributed by atoms with Crippen molar-refractivity contribution >= 4 is 28.4 Å². The Morgan fingerprint density at radius 2 is 2.19 bits per heavy atom. The lowest BCUT2D eigenvalue weighted by atomic mass is 10.1. The molecule has 2 N–H and O–H groups in total. The SMILES string of the molecule is COc1ccsc1-c1sc(C#N)c(N)c1-c1cccnc1. The van der Waals surface area contributed by atoms with Gasteiger partial charge in [-0.25, -0.2) is 0 Å². The Balaban J connectivity index is 2.29. The zero-order valence-electron chi connectivity index (χ0n) is 11.2. The molecule has 0 aliphatic carbocycles. The number of nitriles is 1. The minimum Gasteiger partial charge on any atom is -0.495 e. The normalized spacial score (nSPS) is 10.3. The molecule has 0 fully saturated rings. The van der Waals surface area contributed by atoms with Crippen molar-refractivity contribution in [3.63, 3.8) is 0 Å². The van der Waals surface area contributed by atoms with Crippen molar-refractivity contribution in [2.45, 2.75) is 0 Å². The first-order valence-corrected chi connectivity index (χ1v) is 7.80. The molecule has 0 atom stereocenters. The lowest BCUT2D eigenvalue weighted by Gasteiger charge is -2.05. The summed E-state index contributed by atoms with van der Waals surface area (Å²) in [5.74, 6) is 0.788. The zero-order chi connectivity index (χ0) is 14.8. The van der Waals surface area contributed by atoms with Gasteiger partial charge in [-0.3, -0.25) is 4.98 Å². The summed E-state index contributed by atoms with van der Waals surface area (Å²) in [5.41, 5.74) is 8.42. The third-order valence-electron chi connectivity index (χ3n) is 3.05. The van der Waals surface area contributed by atoms with E-state index in [2.05, 4.69) is 11.1 Å². The van der Waals surface area contributed by atoms with Crippen molar-refractivity contribution in [1.29, 1.82) is 5.26 Å². The smallest absolute Gasteiger partial charge is 0.138 e. The highest BCUT2D eigenvalue weighted by atomic mass is 32.1. The Kier molecular flexibility index (Phi) is 3.60. The molecule has 3 heterocycles. The fourth-order valence-electron chi connectivity index (χ4n) is 2.11. The summed E-state index contributed by atoms with van der Waals surface area (Å²) in [7, 11) is 1.64. The van der Waals surface area contributed by atoms with Crippen LogP contribution in [-0.4, -0.2) is 12.1 Å². The number of methoxy groups -OCH3 is 1. The van der Waals surface area contributed by atoms with E-state index in [-0.39, 0.29) is 0 Å². The van der Waals surface area contributed by atoms with Crippen LogP contribution in [-0.2, 0) is 0 Å². The second-order valence-electron chi connectivity index (χ2n) is 4.22. The van der Waals surface area contributed by atoms with E-state index in [4.69, 9.17) is 10.5 Å².